The first-order valence-electron chi connectivity index (χ1n) is 5.26. The summed E-state index contributed by atoms with van der Waals surface area (Å²) in [6.45, 7) is 9.55. The van der Waals surface area contributed by atoms with Crippen LogP contribution < -0.4 is 0 Å². The van der Waals surface area contributed by atoms with Gasteiger partial charge < -0.3 is 14.2 Å². The third-order valence-electron chi connectivity index (χ3n) is 2.53. The van der Waals surface area contributed by atoms with Gasteiger partial charge in [0.25, 0.3) is 0 Å². The Labute approximate surface area is 86.0 Å². The average Bonchev–Trinajstić information content (AvgIpc) is 2.63. The molecule has 1 fully saturated rings. The molecule has 3 nitrogen and oxygen atoms in total. The van der Waals surface area contributed by atoms with Gasteiger partial charge in [-0.25, -0.2) is 0 Å². The molecule has 0 amide bonds. The number of hydrogen-bond acceptors (Lipinski definition) is 3. The fourth-order valence-corrected chi connectivity index (χ4v) is 1.60. The minimum absolute atomic E-state index is 0.0786. The molecule has 0 radical (unpaired) electrons. The highest BCUT2D eigenvalue weighted by Crippen LogP contribution is 2.30. The number of ether oxygens (including phenoxy) is 3. The van der Waals surface area contributed by atoms with Crippen LogP contribution in [-0.2, 0) is 14.2 Å². The Morgan fingerprint density at radius 2 is 2.21 bits per heavy atom. The van der Waals surface area contributed by atoms with Crippen molar-refractivity contribution in [2.45, 2.75) is 38.6 Å². The molecule has 0 aromatic carbocycles. The summed E-state index contributed by atoms with van der Waals surface area (Å²) in [6, 6.07) is 0. The van der Waals surface area contributed by atoms with Crippen LogP contribution in [-0.4, -0.2) is 31.7 Å². The first-order valence-corrected chi connectivity index (χ1v) is 5.26. The zero-order chi connectivity index (χ0) is 10.4. The normalized spacial score (nSPS) is 25.1. The van der Waals surface area contributed by atoms with E-state index in [9.17, 15) is 0 Å². The lowest BCUT2D eigenvalue weighted by atomic mass is 10.1. The monoisotopic (exact) mass is 200 g/mol. The van der Waals surface area contributed by atoms with Gasteiger partial charge in [-0.05, 0) is 12.8 Å². The highest BCUT2D eigenvalue weighted by molar-refractivity contribution is 4.77. The molecule has 1 heterocycles. The van der Waals surface area contributed by atoms with E-state index in [4.69, 9.17) is 14.2 Å². The zero-order valence-corrected chi connectivity index (χ0v) is 9.12. The second kappa shape index (κ2) is 5.49. The largest absolute Gasteiger partial charge is 0.375 e. The maximum absolute atomic E-state index is 5.81. The summed E-state index contributed by atoms with van der Waals surface area (Å²) in [7, 11) is 0. The summed E-state index contributed by atoms with van der Waals surface area (Å²) in [5.41, 5.74) is 0. The molecule has 3 heteroatoms. The Morgan fingerprint density at radius 3 is 2.71 bits per heavy atom. The molecule has 1 saturated heterocycles. The van der Waals surface area contributed by atoms with Crippen molar-refractivity contribution in [1.82, 2.24) is 0 Å². The first-order chi connectivity index (χ1) is 6.76. The van der Waals surface area contributed by atoms with Crippen LogP contribution in [0.1, 0.15) is 26.7 Å². The first kappa shape index (κ1) is 11.7. The quantitative estimate of drug-likeness (QED) is 0.485. The third kappa shape index (κ3) is 2.80. The zero-order valence-electron chi connectivity index (χ0n) is 9.12. The van der Waals surface area contributed by atoms with Gasteiger partial charge in [-0.1, -0.05) is 19.9 Å². The number of hydrogen-bond donors (Lipinski definition) is 0. The predicted octanol–water partition coefficient (Wildman–Crippen LogP) is 2.12. The van der Waals surface area contributed by atoms with Gasteiger partial charge in [0.2, 0.25) is 0 Å². The van der Waals surface area contributed by atoms with Crippen LogP contribution in [0.15, 0.2) is 12.7 Å². The molecule has 14 heavy (non-hydrogen) atoms. The van der Waals surface area contributed by atoms with Gasteiger partial charge in [-0.15, -0.1) is 6.58 Å². The minimum atomic E-state index is -0.359. The third-order valence-corrected chi connectivity index (χ3v) is 2.53. The van der Waals surface area contributed by atoms with Crippen LogP contribution >= 0.6 is 0 Å². The molecule has 1 rings (SSSR count). The SMILES string of the molecule is C=CCOCC1COC(CC)(CC)O1. The van der Waals surface area contributed by atoms with Gasteiger partial charge in [0.15, 0.2) is 5.79 Å². The Bertz CT molecular complexity index is 175. The summed E-state index contributed by atoms with van der Waals surface area (Å²) < 4.78 is 16.8. The predicted molar refractivity (Wildman–Crippen MR) is 55.2 cm³/mol. The van der Waals surface area contributed by atoms with E-state index in [0.29, 0.717) is 19.8 Å². The standard InChI is InChI=1S/C11H20O3/c1-4-7-12-8-10-9-13-11(5-2,6-3)14-10/h4,10H,1,5-9H2,2-3H3. The van der Waals surface area contributed by atoms with E-state index in [-0.39, 0.29) is 11.9 Å². The van der Waals surface area contributed by atoms with Gasteiger partial charge in [0.1, 0.15) is 6.10 Å². The minimum Gasteiger partial charge on any atom is -0.375 e. The molecule has 0 aromatic heterocycles. The average molecular weight is 200 g/mol. The van der Waals surface area contributed by atoms with E-state index < -0.39 is 0 Å². The van der Waals surface area contributed by atoms with Crippen LogP contribution in [0.2, 0.25) is 0 Å². The lowest BCUT2D eigenvalue weighted by Crippen LogP contribution is -2.30. The van der Waals surface area contributed by atoms with Crippen molar-refractivity contribution in [2.75, 3.05) is 19.8 Å². The van der Waals surface area contributed by atoms with Crippen LogP contribution in [0.25, 0.3) is 0 Å². The summed E-state index contributed by atoms with van der Waals surface area (Å²) in [5, 5.41) is 0. The summed E-state index contributed by atoms with van der Waals surface area (Å²) in [6.07, 6.45) is 3.60. The fraction of sp³-hybridized carbons (Fsp3) is 0.818. The highest BCUT2D eigenvalue weighted by Gasteiger charge is 2.38. The molecule has 82 valence electrons. The lowest BCUT2D eigenvalue weighted by molar-refractivity contribution is -0.176. The molecule has 1 unspecified atom stereocenters. The van der Waals surface area contributed by atoms with Crippen LogP contribution in [0, 0.1) is 0 Å². The Balaban J connectivity index is 2.28. The topological polar surface area (TPSA) is 27.7 Å². The second-order valence-electron chi connectivity index (χ2n) is 3.49. The van der Waals surface area contributed by atoms with Crippen molar-refractivity contribution in [1.29, 1.82) is 0 Å². The molecule has 1 aliphatic rings. The van der Waals surface area contributed by atoms with Crippen molar-refractivity contribution < 1.29 is 14.2 Å². The molecular formula is C11H20O3. The van der Waals surface area contributed by atoms with Crippen LogP contribution in [0.3, 0.4) is 0 Å². The van der Waals surface area contributed by atoms with Gasteiger partial charge in [0, 0.05) is 0 Å². The molecule has 1 atom stereocenters. The van der Waals surface area contributed by atoms with E-state index in [1.165, 1.54) is 0 Å². The van der Waals surface area contributed by atoms with Crippen molar-refractivity contribution in [3.8, 4) is 0 Å². The Morgan fingerprint density at radius 1 is 1.50 bits per heavy atom. The molecule has 0 aliphatic carbocycles. The molecule has 0 bridgehead atoms. The van der Waals surface area contributed by atoms with Gasteiger partial charge in [-0.3, -0.25) is 0 Å². The van der Waals surface area contributed by atoms with Gasteiger partial charge >= 0.3 is 0 Å². The Kier molecular flexibility index (Phi) is 4.58. The van der Waals surface area contributed by atoms with Crippen molar-refractivity contribution in [2.24, 2.45) is 0 Å². The molecular weight excluding hydrogens is 180 g/mol. The summed E-state index contributed by atoms with van der Waals surface area (Å²) >= 11 is 0. The summed E-state index contributed by atoms with van der Waals surface area (Å²) in [5.74, 6) is -0.359. The van der Waals surface area contributed by atoms with Crippen LogP contribution in [0.5, 0.6) is 0 Å². The maximum atomic E-state index is 5.81. The van der Waals surface area contributed by atoms with E-state index in [2.05, 4.69) is 20.4 Å². The van der Waals surface area contributed by atoms with Crippen molar-refractivity contribution >= 4 is 0 Å². The lowest BCUT2D eigenvalue weighted by Gasteiger charge is -2.24. The van der Waals surface area contributed by atoms with Crippen molar-refractivity contribution in [3.05, 3.63) is 12.7 Å². The number of rotatable bonds is 6. The van der Waals surface area contributed by atoms with Gasteiger partial charge in [0.05, 0.1) is 19.8 Å². The van der Waals surface area contributed by atoms with E-state index >= 15 is 0 Å². The second-order valence-corrected chi connectivity index (χ2v) is 3.49. The molecule has 0 saturated carbocycles. The van der Waals surface area contributed by atoms with E-state index in [1.807, 2.05) is 0 Å². The molecule has 0 aromatic rings. The summed E-state index contributed by atoms with van der Waals surface area (Å²) in [4.78, 5) is 0. The molecule has 0 spiro atoms. The van der Waals surface area contributed by atoms with Crippen molar-refractivity contribution in [3.63, 3.8) is 0 Å². The van der Waals surface area contributed by atoms with Gasteiger partial charge in [-0.2, -0.15) is 0 Å². The Hall–Kier alpha value is -0.380. The smallest absolute Gasteiger partial charge is 0.168 e. The fourth-order valence-electron chi connectivity index (χ4n) is 1.60. The molecule has 1 aliphatic heterocycles. The molecule has 0 N–H and O–H groups in total. The highest BCUT2D eigenvalue weighted by atomic mass is 16.7. The van der Waals surface area contributed by atoms with E-state index in [1.54, 1.807) is 6.08 Å². The maximum Gasteiger partial charge on any atom is 0.168 e. The van der Waals surface area contributed by atoms with Crippen LogP contribution in [0.4, 0.5) is 0 Å². The van der Waals surface area contributed by atoms with E-state index in [0.717, 1.165) is 12.8 Å².